The van der Waals surface area contributed by atoms with Crippen molar-refractivity contribution in [3.8, 4) is 0 Å². The lowest BCUT2D eigenvalue weighted by molar-refractivity contribution is -0.152. The number of rotatable bonds is 26. The predicted molar refractivity (Wildman–Crippen MR) is 169 cm³/mol. The largest absolute Gasteiger partial charge is 0.463 e. The van der Waals surface area contributed by atoms with Gasteiger partial charge in [0.25, 0.3) is 0 Å². The van der Waals surface area contributed by atoms with Crippen molar-refractivity contribution >= 4 is 17.7 Å². The summed E-state index contributed by atoms with van der Waals surface area (Å²) in [6.45, 7) is 3.92. The van der Waals surface area contributed by atoms with Crippen molar-refractivity contribution in [2.45, 2.75) is 154 Å². The molecule has 1 aliphatic rings. The Morgan fingerprint density at radius 1 is 0.814 bits per heavy atom. The van der Waals surface area contributed by atoms with Gasteiger partial charge in [0.2, 0.25) is 0 Å². The first-order valence-electron chi connectivity index (χ1n) is 17.0. The van der Waals surface area contributed by atoms with Crippen molar-refractivity contribution in [3.05, 3.63) is 24.3 Å². The van der Waals surface area contributed by atoms with Gasteiger partial charge >= 0.3 is 11.9 Å². The Kier molecular flexibility index (Phi) is 23.0. The standard InChI is InChI=1S/C35H60O8/c1-3-5-7-8-9-10-11-12-17-21-34(40)42-26-29(37)27-43-35(41)22-18-14-13-16-20-30-31(33(39)25-32(30)38)24-23-28(36)19-15-6-4-2/h13,16,23-24,28-32,36-38H,3-12,14-15,17-22,25-27H2,1-2H3/b16-13-,24-23+/t28-,29-,30+,31+,32-/m0/s1. The average molecular weight is 609 g/mol. The molecular formula is C35H60O8. The molecule has 0 radical (unpaired) electrons. The minimum atomic E-state index is -1.05. The van der Waals surface area contributed by atoms with Crippen LogP contribution in [0.5, 0.6) is 0 Å². The van der Waals surface area contributed by atoms with E-state index in [1.807, 2.05) is 12.2 Å². The van der Waals surface area contributed by atoms with Crippen LogP contribution in [0.1, 0.15) is 136 Å². The van der Waals surface area contributed by atoms with E-state index >= 15 is 0 Å². The number of hydrogen-bond donors (Lipinski definition) is 3. The number of hydrogen-bond acceptors (Lipinski definition) is 8. The highest BCUT2D eigenvalue weighted by Gasteiger charge is 2.39. The first-order chi connectivity index (χ1) is 20.8. The summed E-state index contributed by atoms with van der Waals surface area (Å²) in [5.41, 5.74) is 0. The summed E-state index contributed by atoms with van der Waals surface area (Å²) in [5, 5.41) is 30.5. The highest BCUT2D eigenvalue weighted by Crippen LogP contribution is 2.33. The molecule has 0 aromatic rings. The smallest absolute Gasteiger partial charge is 0.305 e. The van der Waals surface area contributed by atoms with Crippen LogP contribution in [0.4, 0.5) is 0 Å². The Bertz CT molecular complexity index is 808. The average Bonchev–Trinajstić information content (AvgIpc) is 3.25. The van der Waals surface area contributed by atoms with E-state index in [2.05, 4.69) is 13.8 Å². The van der Waals surface area contributed by atoms with E-state index < -0.39 is 30.2 Å². The van der Waals surface area contributed by atoms with Crippen LogP contribution in [0.25, 0.3) is 0 Å². The molecule has 43 heavy (non-hydrogen) atoms. The van der Waals surface area contributed by atoms with Gasteiger partial charge in [-0.1, -0.05) is 109 Å². The summed E-state index contributed by atoms with van der Waals surface area (Å²) in [6.07, 6.45) is 21.7. The van der Waals surface area contributed by atoms with Gasteiger partial charge in [-0.2, -0.15) is 0 Å². The van der Waals surface area contributed by atoms with Crippen LogP contribution in [0.2, 0.25) is 0 Å². The molecule has 0 unspecified atom stereocenters. The maximum atomic E-state index is 12.4. The van der Waals surface area contributed by atoms with Gasteiger partial charge < -0.3 is 24.8 Å². The van der Waals surface area contributed by atoms with Crippen molar-refractivity contribution < 1.29 is 39.2 Å². The Morgan fingerprint density at radius 3 is 2.00 bits per heavy atom. The van der Waals surface area contributed by atoms with Gasteiger partial charge in [-0.25, -0.2) is 0 Å². The summed E-state index contributed by atoms with van der Waals surface area (Å²) in [6, 6.07) is 0. The van der Waals surface area contributed by atoms with Gasteiger partial charge in [0.1, 0.15) is 25.1 Å². The number of carbonyl (C=O) groups excluding carboxylic acids is 3. The first-order valence-corrected chi connectivity index (χ1v) is 17.0. The number of Topliss-reactive ketones (excluding diaryl/α,β-unsaturated/α-hetero) is 1. The van der Waals surface area contributed by atoms with Gasteiger partial charge in [-0.05, 0) is 32.1 Å². The lowest BCUT2D eigenvalue weighted by Crippen LogP contribution is -2.25. The van der Waals surface area contributed by atoms with Crippen molar-refractivity contribution in [1.82, 2.24) is 0 Å². The summed E-state index contributed by atoms with van der Waals surface area (Å²) >= 11 is 0. The molecular weight excluding hydrogens is 548 g/mol. The van der Waals surface area contributed by atoms with Crippen LogP contribution in [0.15, 0.2) is 24.3 Å². The predicted octanol–water partition coefficient (Wildman–Crippen LogP) is 6.53. The monoisotopic (exact) mass is 608 g/mol. The molecule has 1 fully saturated rings. The van der Waals surface area contributed by atoms with E-state index in [1.165, 1.54) is 38.5 Å². The number of ketones is 1. The minimum absolute atomic E-state index is 0.00131. The zero-order valence-corrected chi connectivity index (χ0v) is 26.9. The van der Waals surface area contributed by atoms with Gasteiger partial charge in [-0.15, -0.1) is 0 Å². The van der Waals surface area contributed by atoms with E-state index in [0.29, 0.717) is 32.1 Å². The number of aliphatic hydroxyl groups is 3. The normalized spacial score (nSPS) is 20.2. The Hall–Kier alpha value is -2.03. The quantitative estimate of drug-likeness (QED) is 0.0574. The lowest BCUT2D eigenvalue weighted by atomic mass is 9.90. The number of unbranched alkanes of at least 4 members (excludes halogenated alkanes) is 11. The Labute approximate surface area is 260 Å². The number of ether oxygens (including phenoxy) is 2. The van der Waals surface area contributed by atoms with Gasteiger partial charge in [0.05, 0.1) is 12.2 Å². The van der Waals surface area contributed by atoms with E-state index in [0.717, 1.165) is 38.5 Å². The summed E-state index contributed by atoms with van der Waals surface area (Å²) in [4.78, 5) is 36.2. The fraction of sp³-hybridized carbons (Fsp3) is 0.800. The third-order valence-corrected chi connectivity index (χ3v) is 8.07. The highest BCUT2D eigenvalue weighted by molar-refractivity contribution is 5.86. The molecule has 0 aromatic heterocycles. The van der Waals surface area contributed by atoms with Crippen molar-refractivity contribution in [3.63, 3.8) is 0 Å². The van der Waals surface area contributed by atoms with Crippen LogP contribution in [0, 0.1) is 11.8 Å². The molecule has 0 bridgehead atoms. The molecule has 0 heterocycles. The summed E-state index contributed by atoms with van der Waals surface area (Å²) in [7, 11) is 0. The van der Waals surface area contributed by atoms with Crippen molar-refractivity contribution in [2.75, 3.05) is 13.2 Å². The molecule has 1 aliphatic carbocycles. The third kappa shape index (κ3) is 19.8. The number of carbonyl (C=O) groups is 3. The van der Waals surface area contributed by atoms with E-state index in [4.69, 9.17) is 9.47 Å². The molecule has 0 spiro atoms. The first kappa shape index (κ1) is 39.0. The van der Waals surface area contributed by atoms with E-state index in [-0.39, 0.29) is 43.7 Å². The van der Waals surface area contributed by atoms with Crippen LogP contribution in [-0.2, 0) is 23.9 Å². The van der Waals surface area contributed by atoms with Crippen LogP contribution in [0.3, 0.4) is 0 Å². The molecule has 0 aliphatic heterocycles. The molecule has 3 N–H and O–H groups in total. The number of aliphatic hydroxyl groups excluding tert-OH is 3. The van der Waals surface area contributed by atoms with Gasteiger partial charge in [-0.3, -0.25) is 14.4 Å². The molecule has 248 valence electrons. The molecule has 1 saturated carbocycles. The second-order valence-electron chi connectivity index (χ2n) is 12.1. The van der Waals surface area contributed by atoms with Crippen LogP contribution in [-0.4, -0.2) is 64.6 Å². The lowest BCUT2D eigenvalue weighted by Gasteiger charge is -2.17. The van der Waals surface area contributed by atoms with E-state index in [1.54, 1.807) is 12.2 Å². The van der Waals surface area contributed by atoms with Crippen molar-refractivity contribution in [2.24, 2.45) is 11.8 Å². The number of allylic oxidation sites excluding steroid dienone is 3. The van der Waals surface area contributed by atoms with Crippen molar-refractivity contribution in [1.29, 1.82) is 0 Å². The fourth-order valence-electron chi connectivity index (χ4n) is 5.36. The topological polar surface area (TPSA) is 130 Å². The Morgan fingerprint density at radius 2 is 1.37 bits per heavy atom. The number of esters is 2. The molecule has 0 amide bonds. The van der Waals surface area contributed by atoms with Gasteiger partial charge in [0.15, 0.2) is 0 Å². The minimum Gasteiger partial charge on any atom is -0.463 e. The second kappa shape index (κ2) is 25.3. The third-order valence-electron chi connectivity index (χ3n) is 8.07. The fourth-order valence-corrected chi connectivity index (χ4v) is 5.36. The maximum absolute atomic E-state index is 12.4. The molecule has 5 atom stereocenters. The highest BCUT2D eigenvalue weighted by atomic mass is 16.6. The summed E-state index contributed by atoms with van der Waals surface area (Å²) in [5.74, 6) is -1.36. The van der Waals surface area contributed by atoms with Crippen LogP contribution >= 0.6 is 0 Å². The Balaban J connectivity index is 2.14. The molecule has 8 heteroatoms. The summed E-state index contributed by atoms with van der Waals surface area (Å²) < 4.78 is 10.2. The molecule has 8 nitrogen and oxygen atoms in total. The molecule has 0 aromatic carbocycles. The zero-order chi connectivity index (χ0) is 31.7. The van der Waals surface area contributed by atoms with Crippen LogP contribution < -0.4 is 0 Å². The molecule has 1 rings (SSSR count). The van der Waals surface area contributed by atoms with E-state index in [9.17, 15) is 29.7 Å². The zero-order valence-electron chi connectivity index (χ0n) is 26.9. The van der Waals surface area contributed by atoms with Gasteiger partial charge in [0, 0.05) is 31.1 Å². The maximum Gasteiger partial charge on any atom is 0.305 e. The molecule has 0 saturated heterocycles. The second-order valence-corrected chi connectivity index (χ2v) is 12.1. The SMILES string of the molecule is CCCCCCCCCCCC(=O)OC[C@H](O)COC(=O)CCC/C=C\C[C@H]1[C@@H](O)CC(=O)[C@@H]1/C=C/[C@@H](O)CCCCC.